The molecule has 100 valence electrons. The van der Waals surface area contributed by atoms with Gasteiger partial charge in [-0.05, 0) is 19.3 Å². The van der Waals surface area contributed by atoms with E-state index in [1.54, 1.807) is 12.5 Å². The molecule has 4 nitrogen and oxygen atoms in total. The lowest BCUT2D eigenvalue weighted by molar-refractivity contribution is 0.0948. The van der Waals surface area contributed by atoms with Gasteiger partial charge < -0.3 is 10.1 Å². The molecule has 0 saturated carbocycles. The molecule has 2 unspecified atom stereocenters. The number of hydrogen-bond donors (Lipinski definition) is 1. The number of hydrogen-bond acceptors (Lipinski definition) is 3. The third kappa shape index (κ3) is 3.76. The first-order valence-corrected chi connectivity index (χ1v) is 5.76. The van der Waals surface area contributed by atoms with Gasteiger partial charge in [-0.15, -0.1) is 24.8 Å². The SMILES string of the molecule is CCCC1C(O)CCCN1n1ccnc1.Cl.Cl. The van der Waals surface area contributed by atoms with Crippen molar-refractivity contribution in [2.45, 2.75) is 44.8 Å². The molecule has 2 rings (SSSR count). The van der Waals surface area contributed by atoms with Crippen LogP contribution < -0.4 is 5.01 Å². The Morgan fingerprint density at radius 3 is 2.76 bits per heavy atom. The summed E-state index contributed by atoms with van der Waals surface area (Å²) in [6.07, 6.45) is 9.47. The van der Waals surface area contributed by atoms with Gasteiger partial charge in [0, 0.05) is 18.9 Å². The van der Waals surface area contributed by atoms with Gasteiger partial charge in [0.25, 0.3) is 0 Å². The lowest BCUT2D eigenvalue weighted by Gasteiger charge is -2.40. The van der Waals surface area contributed by atoms with Crippen LogP contribution in [0.15, 0.2) is 18.7 Å². The van der Waals surface area contributed by atoms with Crippen LogP contribution in [0.4, 0.5) is 0 Å². The molecule has 1 fully saturated rings. The zero-order valence-corrected chi connectivity index (χ0v) is 11.7. The van der Waals surface area contributed by atoms with Gasteiger partial charge in [-0.2, -0.15) is 0 Å². The lowest BCUT2D eigenvalue weighted by atomic mass is 9.97. The van der Waals surface area contributed by atoms with Crippen LogP contribution in [-0.4, -0.2) is 33.5 Å². The van der Waals surface area contributed by atoms with E-state index in [0.29, 0.717) is 0 Å². The number of nitrogens with zero attached hydrogens (tertiary/aromatic N) is 3. The van der Waals surface area contributed by atoms with Crippen molar-refractivity contribution in [3.05, 3.63) is 18.7 Å². The van der Waals surface area contributed by atoms with Crippen molar-refractivity contribution in [3.8, 4) is 0 Å². The smallest absolute Gasteiger partial charge is 0.114 e. The first-order valence-electron chi connectivity index (χ1n) is 5.76. The molecule has 1 aliphatic heterocycles. The molecule has 2 atom stereocenters. The summed E-state index contributed by atoms with van der Waals surface area (Å²) in [6, 6.07) is 0.248. The summed E-state index contributed by atoms with van der Waals surface area (Å²) in [6.45, 7) is 3.17. The third-order valence-corrected chi connectivity index (χ3v) is 3.09. The molecule has 0 aliphatic carbocycles. The molecule has 1 saturated heterocycles. The second-order valence-electron chi connectivity index (χ2n) is 4.17. The van der Waals surface area contributed by atoms with Gasteiger partial charge in [0.15, 0.2) is 0 Å². The number of piperidine rings is 1. The molecule has 1 aliphatic rings. The second-order valence-corrected chi connectivity index (χ2v) is 4.17. The van der Waals surface area contributed by atoms with Crippen molar-refractivity contribution < 1.29 is 5.11 Å². The van der Waals surface area contributed by atoms with Crippen LogP contribution >= 0.6 is 24.8 Å². The molecule has 0 aromatic carbocycles. The molecule has 0 bridgehead atoms. The number of imidazole rings is 1. The third-order valence-electron chi connectivity index (χ3n) is 3.09. The van der Waals surface area contributed by atoms with Crippen molar-refractivity contribution in [2.75, 3.05) is 11.6 Å². The molecule has 17 heavy (non-hydrogen) atoms. The molecular formula is C11H21Cl2N3O. The molecule has 2 heterocycles. The lowest BCUT2D eigenvalue weighted by Crippen LogP contribution is -2.53. The highest BCUT2D eigenvalue weighted by atomic mass is 35.5. The van der Waals surface area contributed by atoms with E-state index >= 15 is 0 Å². The summed E-state index contributed by atoms with van der Waals surface area (Å²) in [7, 11) is 0. The molecule has 1 N–H and O–H groups in total. The average Bonchev–Trinajstić information content (AvgIpc) is 2.74. The summed E-state index contributed by atoms with van der Waals surface area (Å²) < 4.78 is 2.00. The van der Waals surface area contributed by atoms with Gasteiger partial charge in [0.05, 0.1) is 12.1 Å². The van der Waals surface area contributed by atoms with Gasteiger partial charge >= 0.3 is 0 Å². The van der Waals surface area contributed by atoms with Gasteiger partial charge in [0.2, 0.25) is 0 Å². The first kappa shape index (κ1) is 16.6. The van der Waals surface area contributed by atoms with Crippen LogP contribution in [0, 0.1) is 0 Å². The minimum Gasteiger partial charge on any atom is -0.391 e. The van der Waals surface area contributed by atoms with Crippen molar-refractivity contribution >= 4 is 24.8 Å². The van der Waals surface area contributed by atoms with Crippen LogP contribution in [-0.2, 0) is 0 Å². The fourth-order valence-corrected chi connectivity index (χ4v) is 2.35. The molecule has 1 aromatic heterocycles. The van der Waals surface area contributed by atoms with Crippen molar-refractivity contribution in [2.24, 2.45) is 0 Å². The van der Waals surface area contributed by atoms with E-state index in [4.69, 9.17) is 0 Å². The van der Waals surface area contributed by atoms with Gasteiger partial charge in [-0.25, -0.2) is 4.98 Å². The van der Waals surface area contributed by atoms with Crippen LogP contribution in [0.5, 0.6) is 0 Å². The standard InChI is InChI=1S/C11H19N3O.2ClH/c1-2-4-10-11(15)5-3-7-14(10)13-8-6-12-9-13;;/h6,8-11,15H,2-5,7H2,1H3;2*1H. The Kier molecular flexibility index (Phi) is 7.59. The summed E-state index contributed by atoms with van der Waals surface area (Å²) >= 11 is 0. The number of aliphatic hydroxyl groups is 1. The van der Waals surface area contributed by atoms with E-state index in [0.717, 1.165) is 32.2 Å². The molecule has 0 spiro atoms. The molecule has 0 amide bonds. The maximum absolute atomic E-state index is 9.99. The summed E-state index contributed by atoms with van der Waals surface area (Å²) in [5.41, 5.74) is 0. The van der Waals surface area contributed by atoms with Crippen molar-refractivity contribution in [1.82, 2.24) is 9.66 Å². The fourth-order valence-electron chi connectivity index (χ4n) is 2.35. The van der Waals surface area contributed by atoms with Crippen molar-refractivity contribution in [3.63, 3.8) is 0 Å². The normalized spacial score (nSPS) is 23.8. The largest absolute Gasteiger partial charge is 0.391 e. The summed E-state index contributed by atoms with van der Waals surface area (Å²) in [5, 5.41) is 12.2. The van der Waals surface area contributed by atoms with Gasteiger partial charge in [-0.3, -0.25) is 4.68 Å². The highest BCUT2D eigenvalue weighted by molar-refractivity contribution is 5.85. The second kappa shape index (κ2) is 7.80. The Bertz CT molecular complexity index is 295. The van der Waals surface area contributed by atoms with Gasteiger partial charge in [0.1, 0.15) is 6.33 Å². The monoisotopic (exact) mass is 281 g/mol. The fraction of sp³-hybridized carbons (Fsp3) is 0.727. The zero-order chi connectivity index (χ0) is 10.7. The van der Waals surface area contributed by atoms with Crippen LogP contribution in [0.25, 0.3) is 0 Å². The number of rotatable bonds is 3. The maximum atomic E-state index is 9.99. The van der Waals surface area contributed by atoms with Gasteiger partial charge in [-0.1, -0.05) is 13.3 Å². The zero-order valence-electron chi connectivity index (χ0n) is 10.0. The quantitative estimate of drug-likeness (QED) is 0.921. The first-order chi connectivity index (χ1) is 7.33. The highest BCUT2D eigenvalue weighted by Gasteiger charge is 2.29. The predicted molar refractivity (Wildman–Crippen MR) is 73.7 cm³/mol. The minimum absolute atomic E-state index is 0. The maximum Gasteiger partial charge on any atom is 0.114 e. The average molecular weight is 282 g/mol. The van der Waals surface area contributed by atoms with E-state index in [2.05, 4.69) is 16.9 Å². The number of aliphatic hydroxyl groups excluding tert-OH is 1. The number of halogens is 2. The topological polar surface area (TPSA) is 41.3 Å². The minimum atomic E-state index is -0.193. The van der Waals surface area contributed by atoms with E-state index in [9.17, 15) is 5.11 Å². The van der Waals surface area contributed by atoms with Crippen LogP contribution in [0.2, 0.25) is 0 Å². The van der Waals surface area contributed by atoms with E-state index in [-0.39, 0.29) is 37.0 Å². The molecule has 1 aromatic rings. The van der Waals surface area contributed by atoms with Crippen LogP contribution in [0.1, 0.15) is 32.6 Å². The Balaban J connectivity index is 0.00000128. The Labute approximate surface area is 115 Å². The Hall–Kier alpha value is -0.450. The molecular weight excluding hydrogens is 261 g/mol. The van der Waals surface area contributed by atoms with Crippen molar-refractivity contribution in [1.29, 1.82) is 0 Å². The molecule has 6 heteroatoms. The summed E-state index contributed by atoms with van der Waals surface area (Å²) in [4.78, 5) is 4.06. The Morgan fingerprint density at radius 1 is 1.41 bits per heavy atom. The van der Waals surface area contributed by atoms with E-state index in [1.807, 2.05) is 10.9 Å². The predicted octanol–water partition coefficient (Wildman–Crippen LogP) is 1.99. The van der Waals surface area contributed by atoms with E-state index in [1.165, 1.54) is 0 Å². The summed E-state index contributed by atoms with van der Waals surface area (Å²) in [5.74, 6) is 0. The van der Waals surface area contributed by atoms with E-state index < -0.39 is 0 Å². The van der Waals surface area contributed by atoms with Crippen LogP contribution in [0.3, 0.4) is 0 Å². The highest BCUT2D eigenvalue weighted by Crippen LogP contribution is 2.20. The molecule has 0 radical (unpaired) electrons. The Morgan fingerprint density at radius 2 is 2.18 bits per heavy atom. The number of aromatic nitrogens is 2.